The van der Waals surface area contributed by atoms with E-state index in [-0.39, 0.29) is 11.2 Å². The van der Waals surface area contributed by atoms with E-state index in [1.54, 1.807) is 6.07 Å². The molecule has 0 radical (unpaired) electrons. The lowest BCUT2D eigenvalue weighted by Crippen LogP contribution is -1.99. The third kappa shape index (κ3) is 3.33. The SMILES string of the molecule is Cc1ccc(C(Cl)Cc2cccc(Br)c2)c(F)c1. The summed E-state index contributed by atoms with van der Waals surface area (Å²) in [4.78, 5) is 0. The molecule has 0 spiro atoms. The van der Waals surface area contributed by atoms with Gasteiger partial charge < -0.3 is 0 Å². The fourth-order valence-electron chi connectivity index (χ4n) is 1.87. The molecule has 0 heterocycles. The summed E-state index contributed by atoms with van der Waals surface area (Å²) >= 11 is 9.71. The van der Waals surface area contributed by atoms with Gasteiger partial charge in [-0.25, -0.2) is 4.39 Å². The molecule has 0 aliphatic heterocycles. The van der Waals surface area contributed by atoms with E-state index >= 15 is 0 Å². The maximum Gasteiger partial charge on any atom is 0.128 e. The Bertz CT molecular complexity index is 554. The van der Waals surface area contributed by atoms with E-state index in [1.165, 1.54) is 6.07 Å². The van der Waals surface area contributed by atoms with Crippen molar-refractivity contribution in [3.8, 4) is 0 Å². The Morgan fingerprint density at radius 1 is 1.22 bits per heavy atom. The maximum absolute atomic E-state index is 13.8. The zero-order valence-corrected chi connectivity index (χ0v) is 12.3. The summed E-state index contributed by atoms with van der Waals surface area (Å²) in [6.45, 7) is 1.87. The van der Waals surface area contributed by atoms with Gasteiger partial charge in [-0.1, -0.05) is 40.2 Å². The van der Waals surface area contributed by atoms with Gasteiger partial charge in [-0.15, -0.1) is 11.6 Å². The molecule has 0 aliphatic carbocycles. The molecule has 2 aromatic rings. The highest BCUT2D eigenvalue weighted by Crippen LogP contribution is 2.28. The smallest absolute Gasteiger partial charge is 0.128 e. The second-order valence-electron chi connectivity index (χ2n) is 4.33. The van der Waals surface area contributed by atoms with Crippen molar-refractivity contribution in [1.29, 1.82) is 0 Å². The largest absolute Gasteiger partial charge is 0.207 e. The first kappa shape index (κ1) is 13.6. The molecule has 3 heteroatoms. The Kier molecular flexibility index (Phi) is 4.41. The van der Waals surface area contributed by atoms with Gasteiger partial charge >= 0.3 is 0 Å². The van der Waals surface area contributed by atoms with Crippen LogP contribution < -0.4 is 0 Å². The van der Waals surface area contributed by atoms with Gasteiger partial charge in [0.05, 0.1) is 5.38 Å². The molecule has 0 nitrogen and oxygen atoms in total. The molecule has 1 unspecified atom stereocenters. The van der Waals surface area contributed by atoms with Gasteiger partial charge in [0.25, 0.3) is 0 Å². The fourth-order valence-corrected chi connectivity index (χ4v) is 2.67. The molecule has 0 fully saturated rings. The minimum absolute atomic E-state index is 0.231. The lowest BCUT2D eigenvalue weighted by atomic mass is 10.0. The molecule has 0 saturated heterocycles. The van der Waals surface area contributed by atoms with Crippen LogP contribution >= 0.6 is 27.5 Å². The molecule has 0 N–H and O–H groups in total. The highest BCUT2D eigenvalue weighted by molar-refractivity contribution is 9.10. The lowest BCUT2D eigenvalue weighted by Gasteiger charge is -2.12. The van der Waals surface area contributed by atoms with Gasteiger partial charge in [-0.3, -0.25) is 0 Å². The van der Waals surface area contributed by atoms with Crippen LogP contribution in [0.25, 0.3) is 0 Å². The Balaban J connectivity index is 2.19. The first-order valence-corrected chi connectivity index (χ1v) is 6.94. The highest BCUT2D eigenvalue weighted by atomic mass is 79.9. The van der Waals surface area contributed by atoms with Crippen molar-refractivity contribution in [2.24, 2.45) is 0 Å². The number of alkyl halides is 1. The molecule has 94 valence electrons. The molecular formula is C15H13BrClF. The quantitative estimate of drug-likeness (QED) is 0.660. The molecule has 1 atom stereocenters. The van der Waals surface area contributed by atoms with Crippen molar-refractivity contribution < 1.29 is 4.39 Å². The van der Waals surface area contributed by atoms with Crippen LogP contribution in [0.1, 0.15) is 22.1 Å². The van der Waals surface area contributed by atoms with E-state index in [2.05, 4.69) is 15.9 Å². The summed E-state index contributed by atoms with van der Waals surface area (Å²) in [6, 6.07) is 13.1. The maximum atomic E-state index is 13.8. The molecule has 18 heavy (non-hydrogen) atoms. The second-order valence-corrected chi connectivity index (χ2v) is 5.77. The van der Waals surface area contributed by atoms with E-state index in [0.717, 1.165) is 15.6 Å². The average Bonchev–Trinajstić information content (AvgIpc) is 2.28. The first-order valence-electron chi connectivity index (χ1n) is 5.71. The predicted octanol–water partition coefficient (Wildman–Crippen LogP) is 5.42. The minimum Gasteiger partial charge on any atom is -0.207 e. The molecule has 2 aromatic carbocycles. The standard InChI is InChI=1S/C15H13BrClF/c1-10-5-6-13(15(18)7-10)14(17)9-11-3-2-4-12(16)8-11/h2-8,14H,9H2,1H3. The number of benzene rings is 2. The van der Waals surface area contributed by atoms with Crippen LogP contribution in [0.4, 0.5) is 4.39 Å². The number of hydrogen-bond acceptors (Lipinski definition) is 0. The van der Waals surface area contributed by atoms with Crippen LogP contribution in [0, 0.1) is 12.7 Å². The number of aryl methyl sites for hydroxylation is 1. The van der Waals surface area contributed by atoms with Crippen molar-refractivity contribution in [1.82, 2.24) is 0 Å². The van der Waals surface area contributed by atoms with Crippen molar-refractivity contribution in [3.63, 3.8) is 0 Å². The molecule has 0 aliphatic rings. The third-order valence-electron chi connectivity index (χ3n) is 2.80. The lowest BCUT2D eigenvalue weighted by molar-refractivity contribution is 0.604. The van der Waals surface area contributed by atoms with Crippen molar-refractivity contribution in [2.75, 3.05) is 0 Å². The van der Waals surface area contributed by atoms with Gasteiger partial charge in [-0.05, 0) is 42.7 Å². The van der Waals surface area contributed by atoms with Crippen LogP contribution in [-0.4, -0.2) is 0 Å². The zero-order chi connectivity index (χ0) is 13.1. The van der Waals surface area contributed by atoms with Gasteiger partial charge in [0.15, 0.2) is 0 Å². The van der Waals surface area contributed by atoms with Gasteiger partial charge in [-0.2, -0.15) is 0 Å². The van der Waals surface area contributed by atoms with Gasteiger partial charge in [0, 0.05) is 10.0 Å². The fraction of sp³-hybridized carbons (Fsp3) is 0.200. The van der Waals surface area contributed by atoms with E-state index in [4.69, 9.17) is 11.6 Å². The summed E-state index contributed by atoms with van der Waals surface area (Å²) in [5.74, 6) is -0.231. The number of rotatable bonds is 3. The van der Waals surface area contributed by atoms with Gasteiger partial charge in [0.1, 0.15) is 5.82 Å². The molecule has 2 rings (SSSR count). The topological polar surface area (TPSA) is 0 Å². The Morgan fingerprint density at radius 2 is 2.00 bits per heavy atom. The molecule has 0 amide bonds. The van der Waals surface area contributed by atoms with E-state index in [1.807, 2.05) is 37.3 Å². The summed E-state index contributed by atoms with van der Waals surface area (Å²) in [7, 11) is 0. The number of halogens is 3. The Morgan fingerprint density at radius 3 is 2.67 bits per heavy atom. The minimum atomic E-state index is -0.347. The zero-order valence-electron chi connectivity index (χ0n) is 9.96. The van der Waals surface area contributed by atoms with Crippen molar-refractivity contribution in [3.05, 3.63) is 69.4 Å². The van der Waals surface area contributed by atoms with Crippen molar-refractivity contribution >= 4 is 27.5 Å². The predicted molar refractivity (Wildman–Crippen MR) is 77.6 cm³/mol. The summed E-state index contributed by atoms with van der Waals surface area (Å²) in [5.41, 5.74) is 2.55. The summed E-state index contributed by atoms with van der Waals surface area (Å²) in [5, 5.41) is -0.347. The molecular weight excluding hydrogens is 315 g/mol. The monoisotopic (exact) mass is 326 g/mol. The first-order chi connectivity index (χ1) is 8.56. The van der Waals surface area contributed by atoms with Crippen molar-refractivity contribution in [2.45, 2.75) is 18.7 Å². The second kappa shape index (κ2) is 5.85. The Labute approximate surface area is 120 Å². The molecule has 0 saturated carbocycles. The normalized spacial score (nSPS) is 12.4. The summed E-state index contributed by atoms with van der Waals surface area (Å²) in [6.07, 6.45) is 0.612. The van der Waals surface area contributed by atoms with Crippen LogP contribution in [0.5, 0.6) is 0 Å². The van der Waals surface area contributed by atoms with E-state index in [0.29, 0.717) is 12.0 Å². The summed E-state index contributed by atoms with van der Waals surface area (Å²) < 4.78 is 14.8. The highest BCUT2D eigenvalue weighted by Gasteiger charge is 2.13. The third-order valence-corrected chi connectivity index (χ3v) is 3.68. The molecule has 0 aromatic heterocycles. The van der Waals surface area contributed by atoms with Crippen LogP contribution in [0.2, 0.25) is 0 Å². The van der Waals surface area contributed by atoms with Crippen LogP contribution in [0.3, 0.4) is 0 Å². The Hall–Kier alpha value is -0.860. The van der Waals surface area contributed by atoms with E-state index in [9.17, 15) is 4.39 Å². The van der Waals surface area contributed by atoms with E-state index < -0.39 is 0 Å². The average molecular weight is 328 g/mol. The van der Waals surface area contributed by atoms with Crippen LogP contribution in [0.15, 0.2) is 46.9 Å². The molecule has 0 bridgehead atoms. The van der Waals surface area contributed by atoms with Gasteiger partial charge in [0.2, 0.25) is 0 Å². The number of hydrogen-bond donors (Lipinski definition) is 0. The van der Waals surface area contributed by atoms with Crippen LogP contribution in [-0.2, 0) is 6.42 Å².